The number of benzene rings is 3. The molecule has 1 aliphatic rings. The van der Waals surface area contributed by atoms with Crippen LogP contribution >= 0.6 is 11.8 Å². The van der Waals surface area contributed by atoms with Crippen LogP contribution in [0.15, 0.2) is 94.8 Å². The summed E-state index contributed by atoms with van der Waals surface area (Å²) in [6.07, 6.45) is 3.23. The van der Waals surface area contributed by atoms with Gasteiger partial charge in [0, 0.05) is 11.4 Å². The molecular formula is C26H26N2OS. The Bertz CT molecular complexity index is 998. The van der Waals surface area contributed by atoms with Gasteiger partial charge in [0.2, 0.25) is 0 Å². The van der Waals surface area contributed by atoms with Crippen molar-refractivity contribution in [3.8, 4) is 0 Å². The maximum Gasteiger partial charge on any atom is 0.164 e. The second-order valence-corrected chi connectivity index (χ2v) is 8.45. The van der Waals surface area contributed by atoms with Crippen LogP contribution in [0.25, 0.3) is 6.08 Å². The number of aliphatic hydroxyl groups is 1. The number of aliphatic hydroxyl groups excluding tert-OH is 1. The van der Waals surface area contributed by atoms with E-state index in [0.29, 0.717) is 6.54 Å². The maximum atomic E-state index is 9.25. The van der Waals surface area contributed by atoms with Crippen LogP contribution < -0.4 is 0 Å². The molecule has 3 aromatic rings. The highest BCUT2D eigenvalue weighted by Gasteiger charge is 2.23. The Balaban J connectivity index is 1.50. The van der Waals surface area contributed by atoms with E-state index < -0.39 is 0 Å². The first-order valence-corrected chi connectivity index (χ1v) is 11.1. The minimum Gasteiger partial charge on any atom is -0.392 e. The highest BCUT2D eigenvalue weighted by Crippen LogP contribution is 2.31. The third-order valence-electron chi connectivity index (χ3n) is 5.08. The molecule has 152 valence electrons. The third kappa shape index (κ3) is 5.62. The molecule has 0 saturated carbocycles. The van der Waals surface area contributed by atoms with E-state index in [1.165, 1.54) is 16.0 Å². The Hall–Kier alpha value is -2.82. The summed E-state index contributed by atoms with van der Waals surface area (Å²) in [4.78, 5) is 8.62. The summed E-state index contributed by atoms with van der Waals surface area (Å²) in [6, 6.07) is 29.1. The van der Waals surface area contributed by atoms with E-state index >= 15 is 0 Å². The number of rotatable bonds is 7. The number of amidine groups is 1. The molecule has 3 aromatic carbocycles. The lowest BCUT2D eigenvalue weighted by molar-refractivity contribution is 0.282. The lowest BCUT2D eigenvalue weighted by Crippen LogP contribution is -2.26. The van der Waals surface area contributed by atoms with Crippen LogP contribution in [0, 0.1) is 0 Å². The average molecular weight is 415 g/mol. The summed E-state index contributed by atoms with van der Waals surface area (Å²) >= 11 is 1.77. The van der Waals surface area contributed by atoms with E-state index in [-0.39, 0.29) is 6.61 Å². The van der Waals surface area contributed by atoms with Gasteiger partial charge in [-0.25, -0.2) is 0 Å². The molecule has 1 fully saturated rings. The van der Waals surface area contributed by atoms with Crippen molar-refractivity contribution >= 4 is 23.0 Å². The molecule has 0 bridgehead atoms. The quantitative estimate of drug-likeness (QED) is 0.565. The van der Waals surface area contributed by atoms with E-state index in [4.69, 9.17) is 4.99 Å². The van der Waals surface area contributed by atoms with Crippen molar-refractivity contribution in [1.29, 1.82) is 0 Å². The van der Waals surface area contributed by atoms with Crippen LogP contribution in [0.5, 0.6) is 0 Å². The van der Waals surface area contributed by atoms with Crippen molar-refractivity contribution in [3.05, 3.63) is 112 Å². The summed E-state index contributed by atoms with van der Waals surface area (Å²) in [5.74, 6) is 0. The van der Waals surface area contributed by atoms with Crippen LogP contribution in [0.2, 0.25) is 0 Å². The highest BCUT2D eigenvalue weighted by molar-refractivity contribution is 8.17. The van der Waals surface area contributed by atoms with E-state index in [9.17, 15) is 5.11 Å². The molecule has 0 spiro atoms. The van der Waals surface area contributed by atoms with Crippen LogP contribution in [0.4, 0.5) is 0 Å². The van der Waals surface area contributed by atoms with Crippen molar-refractivity contribution in [3.63, 3.8) is 0 Å². The first kappa shape index (κ1) is 20.5. The number of aliphatic imine (C=N–C) groups is 1. The smallest absolute Gasteiger partial charge is 0.164 e. The molecule has 1 aliphatic heterocycles. The number of thioether (sulfide) groups is 1. The Morgan fingerprint density at radius 1 is 0.833 bits per heavy atom. The fraction of sp³-hybridized carbons (Fsp3) is 0.192. The molecule has 0 radical (unpaired) electrons. The predicted octanol–water partition coefficient (Wildman–Crippen LogP) is 5.37. The van der Waals surface area contributed by atoms with E-state index in [0.717, 1.165) is 35.8 Å². The normalized spacial score (nSPS) is 16.5. The van der Waals surface area contributed by atoms with Gasteiger partial charge in [-0.1, -0.05) is 96.7 Å². The minimum absolute atomic E-state index is 0.0785. The topological polar surface area (TPSA) is 35.8 Å². The zero-order valence-corrected chi connectivity index (χ0v) is 17.8. The third-order valence-corrected chi connectivity index (χ3v) is 6.16. The molecule has 1 saturated heterocycles. The second kappa shape index (κ2) is 10.3. The van der Waals surface area contributed by atoms with Crippen molar-refractivity contribution in [2.45, 2.75) is 19.6 Å². The van der Waals surface area contributed by atoms with Gasteiger partial charge >= 0.3 is 0 Å². The van der Waals surface area contributed by atoms with Gasteiger partial charge in [-0.3, -0.25) is 4.99 Å². The molecule has 0 atom stereocenters. The fourth-order valence-corrected chi connectivity index (χ4v) is 4.47. The van der Waals surface area contributed by atoms with Crippen molar-refractivity contribution in [2.24, 2.45) is 4.99 Å². The van der Waals surface area contributed by atoms with E-state index in [2.05, 4.69) is 77.7 Å². The Kier molecular flexibility index (Phi) is 7.01. The Morgan fingerprint density at radius 2 is 1.50 bits per heavy atom. The SMILES string of the molecule is OCc1ccc(/C=C2/CN(CCc3ccccc3)C(=NCc3ccccc3)S2)cc1. The van der Waals surface area contributed by atoms with Crippen molar-refractivity contribution in [1.82, 2.24) is 4.90 Å². The van der Waals surface area contributed by atoms with Gasteiger partial charge in [0.05, 0.1) is 19.7 Å². The molecule has 4 rings (SSSR count). The van der Waals surface area contributed by atoms with Gasteiger partial charge in [-0.2, -0.15) is 0 Å². The van der Waals surface area contributed by atoms with Crippen LogP contribution in [-0.2, 0) is 19.6 Å². The summed E-state index contributed by atoms with van der Waals surface area (Å²) in [5, 5.41) is 10.3. The number of hydrogen-bond donors (Lipinski definition) is 1. The molecule has 0 amide bonds. The van der Waals surface area contributed by atoms with Gasteiger partial charge < -0.3 is 10.0 Å². The van der Waals surface area contributed by atoms with Crippen LogP contribution in [0.1, 0.15) is 22.3 Å². The summed E-state index contributed by atoms with van der Waals surface area (Å²) < 4.78 is 0. The standard InChI is InChI=1S/C26H26N2OS/c29-20-24-13-11-22(12-14-24)17-25-19-28(16-15-21-7-3-1-4-8-21)26(30-25)27-18-23-9-5-2-6-10-23/h1-14,17,29H,15-16,18-20H2/b25-17-,27-26?. The summed E-state index contributed by atoms with van der Waals surface area (Å²) in [7, 11) is 0. The molecule has 0 aliphatic carbocycles. The molecule has 1 heterocycles. The van der Waals surface area contributed by atoms with Gasteiger partial charge in [0.25, 0.3) is 0 Å². The number of nitrogens with zero attached hydrogens (tertiary/aromatic N) is 2. The molecule has 3 nitrogen and oxygen atoms in total. The van der Waals surface area contributed by atoms with E-state index in [1.807, 2.05) is 18.2 Å². The molecule has 0 unspecified atom stereocenters. The first-order valence-electron chi connectivity index (χ1n) is 10.3. The zero-order chi connectivity index (χ0) is 20.6. The molecular weight excluding hydrogens is 388 g/mol. The zero-order valence-electron chi connectivity index (χ0n) is 16.9. The largest absolute Gasteiger partial charge is 0.392 e. The maximum absolute atomic E-state index is 9.25. The fourth-order valence-electron chi connectivity index (χ4n) is 3.41. The highest BCUT2D eigenvalue weighted by atomic mass is 32.2. The lowest BCUT2D eigenvalue weighted by atomic mass is 10.1. The minimum atomic E-state index is 0.0785. The monoisotopic (exact) mass is 414 g/mol. The molecule has 1 N–H and O–H groups in total. The second-order valence-electron chi connectivity index (χ2n) is 7.35. The molecule has 0 aromatic heterocycles. The first-order chi connectivity index (χ1) is 14.8. The van der Waals surface area contributed by atoms with Gasteiger partial charge in [-0.15, -0.1) is 0 Å². The van der Waals surface area contributed by atoms with Gasteiger partial charge in [0.1, 0.15) is 0 Å². The number of hydrogen-bond acceptors (Lipinski definition) is 3. The Labute approximate surface area is 182 Å². The summed E-state index contributed by atoms with van der Waals surface area (Å²) in [6.45, 7) is 2.61. The van der Waals surface area contributed by atoms with Crippen LogP contribution in [-0.4, -0.2) is 28.3 Å². The van der Waals surface area contributed by atoms with Crippen LogP contribution in [0.3, 0.4) is 0 Å². The molecule has 4 heteroatoms. The molecule has 30 heavy (non-hydrogen) atoms. The lowest BCUT2D eigenvalue weighted by Gasteiger charge is -2.17. The summed E-state index contributed by atoms with van der Waals surface area (Å²) in [5.41, 5.74) is 4.67. The van der Waals surface area contributed by atoms with E-state index in [1.54, 1.807) is 11.8 Å². The van der Waals surface area contributed by atoms with Crippen molar-refractivity contribution < 1.29 is 5.11 Å². The predicted molar refractivity (Wildman–Crippen MR) is 127 cm³/mol. The Morgan fingerprint density at radius 3 is 2.17 bits per heavy atom. The van der Waals surface area contributed by atoms with Crippen molar-refractivity contribution in [2.75, 3.05) is 13.1 Å². The average Bonchev–Trinajstić information content (AvgIpc) is 3.19. The van der Waals surface area contributed by atoms with Gasteiger partial charge in [0.15, 0.2) is 5.17 Å². The van der Waals surface area contributed by atoms with Gasteiger partial charge in [-0.05, 0) is 34.8 Å².